The van der Waals surface area contributed by atoms with Gasteiger partial charge in [0, 0.05) is 211 Å². The summed E-state index contributed by atoms with van der Waals surface area (Å²) in [4.78, 5) is 120. The van der Waals surface area contributed by atoms with Crippen LogP contribution in [-0.4, -0.2) is 243 Å². The third-order valence-corrected chi connectivity index (χ3v) is 25.7. The fourth-order valence-corrected chi connectivity index (χ4v) is 17.9. The molecule has 4 amide bonds. The Kier molecular flexibility index (Phi) is 33.2. The van der Waals surface area contributed by atoms with E-state index in [0.717, 1.165) is 118 Å². The van der Waals surface area contributed by atoms with E-state index in [4.69, 9.17) is 82.5 Å². The Morgan fingerprint density at radius 1 is 0.383 bits per heavy atom. The molecule has 3 N–H and O–H groups in total. The number of ether oxygens (including phenoxy) is 6. The molecule has 1 aromatic carbocycles. The molecule has 0 spiro atoms. The third kappa shape index (κ3) is 23.7. The van der Waals surface area contributed by atoms with Gasteiger partial charge in [-0.3, -0.25) is 59.0 Å². The highest BCUT2D eigenvalue weighted by molar-refractivity contribution is 6.01. The van der Waals surface area contributed by atoms with E-state index in [2.05, 4.69) is 79.9 Å². The Labute approximate surface area is 866 Å². The molecule has 37 heteroatoms. The molecule has 4 fully saturated rings. The quantitative estimate of drug-likeness (QED) is 0.0530. The molecule has 15 aromatic heterocycles. The molecule has 149 heavy (non-hydrogen) atoms. The number of rotatable bonds is 22. The number of likely N-dealkylation sites (N-methyl/N-ethyl adjacent to an activating group) is 1. The molecule has 20 rings (SSSR count). The lowest BCUT2D eigenvalue weighted by molar-refractivity contribution is 0.0256. The van der Waals surface area contributed by atoms with E-state index in [0.29, 0.717) is 211 Å². The number of halogens is 1. The molecule has 4 saturated heterocycles. The van der Waals surface area contributed by atoms with Crippen LogP contribution >= 0.6 is 12.4 Å². The summed E-state index contributed by atoms with van der Waals surface area (Å²) < 4.78 is 58.9. The topological polar surface area (TPSA) is 393 Å². The van der Waals surface area contributed by atoms with Gasteiger partial charge in [-0.25, -0.2) is 4.85 Å². The summed E-state index contributed by atoms with van der Waals surface area (Å²) in [6.07, 6.45) is 20.1. The molecule has 16 aromatic rings. The third-order valence-electron chi connectivity index (χ3n) is 25.7. The van der Waals surface area contributed by atoms with Crippen molar-refractivity contribution >= 4 is 115 Å². The Balaban J connectivity index is 0.000000141. The van der Waals surface area contributed by atoms with Crippen molar-refractivity contribution in [3.8, 4) is 102 Å². The number of hydrogen-bond donors (Lipinski definition) is 3. The lowest BCUT2D eigenvalue weighted by Crippen LogP contribution is -2.29. The van der Waals surface area contributed by atoms with Crippen LogP contribution in [0.2, 0.25) is 0 Å². The molecule has 760 valence electrons. The average Bonchev–Trinajstić information content (AvgIpc) is 1.60. The number of fused-ring (bicyclic) bond motifs is 4. The van der Waals surface area contributed by atoms with Gasteiger partial charge in [-0.2, -0.15) is 0 Å². The number of nitrogens with one attached hydrogen (secondary N) is 2. The van der Waals surface area contributed by atoms with Crippen molar-refractivity contribution in [3.05, 3.63) is 266 Å². The number of aliphatic hydroxyl groups excluding tert-OH is 1. The first kappa shape index (κ1) is 105. The number of pyridine rings is 11. The zero-order valence-corrected chi connectivity index (χ0v) is 85.5. The number of carbonyl (C=O) groups is 4. The molecule has 0 radical (unpaired) electrons. The van der Waals surface area contributed by atoms with Crippen LogP contribution in [0.15, 0.2) is 183 Å². The molecule has 4 aliphatic heterocycles. The van der Waals surface area contributed by atoms with Crippen LogP contribution in [0.25, 0.3) is 154 Å². The molecule has 19 heterocycles. The molecule has 4 aliphatic rings. The fraction of sp³-hybridized carbons (Fsp3) is 0.312. The zero-order valence-electron chi connectivity index (χ0n) is 84.7. The second-order valence-electron chi connectivity index (χ2n) is 37.0. The van der Waals surface area contributed by atoms with Crippen molar-refractivity contribution in [3.63, 3.8) is 0 Å². The summed E-state index contributed by atoms with van der Waals surface area (Å²) in [7, 11) is 11.9. The minimum Gasteiger partial charge on any atom is -0.499 e. The van der Waals surface area contributed by atoms with E-state index in [1.54, 1.807) is 134 Å². The Morgan fingerprint density at radius 3 is 1.25 bits per heavy atom. The van der Waals surface area contributed by atoms with Gasteiger partial charge in [0.2, 0.25) is 5.69 Å². The van der Waals surface area contributed by atoms with Crippen molar-refractivity contribution in [1.29, 1.82) is 0 Å². The highest BCUT2D eigenvalue weighted by Crippen LogP contribution is 2.45. The summed E-state index contributed by atoms with van der Waals surface area (Å²) in [6.45, 7) is 47.8. The van der Waals surface area contributed by atoms with Gasteiger partial charge < -0.3 is 96.0 Å². The standard InChI is InChI=1S/C28H28N6O3.C28H27N5O5.C28H27N5O4.C28H27N5O3.ClH/c1-16-12-18(28(35)34(4)5)15-31-25(16)23-13-22-26(37-23)24(17(2)14-30-22)20-6-7-21(27(29-3)33-20)32-19-8-10-36-11-9-19;1-17-14-18(28(35)33(3)10-11-34)16-31-25(17)24-15-22-26(38-24)20(6-9-30-22)21-4-5-23(27(29-2)32-21)37-19-7-12-36-13-8-19;1-16-12-18(28(34)33(4)5)15-31-25(16)23-13-21-26(37-23)24(17(2)14-30-21)20-6-7-22(27(29-3)32-20)36-19-8-10-35-11-9-19;1-17-13-18(28(34)33(3)4)5-6-21(17)25-15-23-26(36-25)22(7-10-30-23)19-14-24(29-2)27(31-16-19)32-20-8-11-35-12-9-20;/h6-7,12-15,19,32H,8-11H2,1-2,4-5H3;4-6,9,14-16,19,34H,7-8,10-13H2,1,3H3;6-7,12-15,19H,8-11H2,1-2,4-5H3;5-7,10,13-16,20H,8-9,11-12H2,1,3-4H3,(H,31,32);1H. The average molecular weight is 2030 g/mol. The number of benzene rings is 1. The van der Waals surface area contributed by atoms with Gasteiger partial charge >= 0.3 is 11.6 Å². The Morgan fingerprint density at radius 2 is 0.785 bits per heavy atom. The molecule has 0 atom stereocenters. The van der Waals surface area contributed by atoms with E-state index in [1.165, 1.54) is 20.9 Å². The normalized spacial score (nSPS) is 13.8. The molecule has 0 saturated carbocycles. The number of aromatic nitrogens is 11. The number of carbonyl (C=O) groups excluding carboxylic acids is 4. The first-order valence-corrected chi connectivity index (χ1v) is 48.4. The zero-order chi connectivity index (χ0) is 104. The molecule has 36 nitrogen and oxygen atoms in total. The van der Waals surface area contributed by atoms with E-state index >= 15 is 0 Å². The van der Waals surface area contributed by atoms with E-state index in [1.807, 2.05) is 120 Å². The first-order valence-electron chi connectivity index (χ1n) is 48.4. The van der Waals surface area contributed by atoms with Crippen molar-refractivity contribution in [1.82, 2.24) is 74.4 Å². The summed E-state index contributed by atoms with van der Waals surface area (Å²) in [5, 5.41) is 16.0. The Hall–Kier alpha value is -16.8. The summed E-state index contributed by atoms with van der Waals surface area (Å²) in [5.41, 5.74) is 21.7. The first-order chi connectivity index (χ1) is 71.6. The van der Waals surface area contributed by atoms with Gasteiger partial charge in [-0.1, -0.05) is 25.8 Å². The number of aryl methyl sites for hydroxylation is 6. The predicted octanol–water partition coefficient (Wildman–Crippen LogP) is 21.4. The van der Waals surface area contributed by atoms with Gasteiger partial charge in [-0.15, -0.1) is 27.4 Å². The number of nitrogens with zero attached hydrogens (tertiary/aromatic N) is 19. The number of anilines is 2. The summed E-state index contributed by atoms with van der Waals surface area (Å²) >= 11 is 0. The second kappa shape index (κ2) is 47.1. The Bertz CT molecular complexity index is 7670. The van der Waals surface area contributed by atoms with E-state index in [9.17, 15) is 19.2 Å². The van der Waals surface area contributed by atoms with Crippen LogP contribution in [0.5, 0.6) is 11.5 Å². The minimum atomic E-state index is -0.222. The van der Waals surface area contributed by atoms with Crippen molar-refractivity contribution in [2.75, 3.05) is 126 Å². The number of hydrogen-bond acceptors (Lipinski definition) is 28. The fourth-order valence-electron chi connectivity index (χ4n) is 17.9. The van der Waals surface area contributed by atoms with Gasteiger partial charge in [0.1, 0.15) is 74.4 Å². The van der Waals surface area contributed by atoms with Crippen LogP contribution in [0.1, 0.15) is 126 Å². The summed E-state index contributed by atoms with van der Waals surface area (Å²) in [5.74, 6) is 4.02. The SMILES string of the molecule is Cl.[C-]#[N+]c1cc(-c2ccnc3cc(-c4ccc(C(=O)N(C)C)cc4C)oc23)cnc1NC1CCOCC1.[C-]#[N+]c1nc(-c2c(C)cnc3cc(-c4ncc(C(=O)N(C)C)cc4C)oc23)ccc1NC1CCOCC1.[C-]#[N+]c1nc(-c2c(C)cnc3cc(-c4ncc(C(=O)N(C)C)cc4C)oc23)ccc1OC1CCOCC1.[C-]#[N+]c1nc(-c2ccnc3cc(-c4ncc(C(=O)N(C)CCO)cc4C)oc23)ccc1OC1CCOCC1. The van der Waals surface area contributed by atoms with Crippen LogP contribution in [-0.2, 0) is 18.9 Å². The van der Waals surface area contributed by atoms with Crippen molar-refractivity contribution < 1.29 is 70.4 Å². The van der Waals surface area contributed by atoms with Crippen LogP contribution in [0, 0.1) is 67.8 Å². The van der Waals surface area contributed by atoms with Gasteiger partial charge in [0.05, 0.1) is 78.7 Å². The highest BCUT2D eigenvalue weighted by atomic mass is 35.5. The van der Waals surface area contributed by atoms with Gasteiger partial charge in [-0.05, 0) is 191 Å². The maximum absolute atomic E-state index is 12.6. The van der Waals surface area contributed by atoms with Crippen LogP contribution in [0.3, 0.4) is 0 Å². The lowest BCUT2D eigenvalue weighted by Gasteiger charge is -2.24. The van der Waals surface area contributed by atoms with Gasteiger partial charge in [0.25, 0.3) is 29.4 Å². The minimum absolute atomic E-state index is 0. The maximum atomic E-state index is 12.6. The number of furan rings is 4. The smallest absolute Gasteiger partial charge is 0.312 e. The predicted molar refractivity (Wildman–Crippen MR) is 567 cm³/mol. The molecule has 0 aliphatic carbocycles. The molecular weight excluding hydrogens is 1910 g/mol. The monoisotopic (exact) mass is 2020 g/mol. The molecule has 0 unspecified atom stereocenters. The van der Waals surface area contributed by atoms with Crippen molar-refractivity contribution in [2.45, 2.75) is 117 Å². The van der Waals surface area contributed by atoms with Gasteiger partial charge in [0.15, 0.2) is 56.7 Å². The highest BCUT2D eigenvalue weighted by Gasteiger charge is 2.31. The van der Waals surface area contributed by atoms with E-state index in [-0.39, 0.29) is 85.1 Å². The summed E-state index contributed by atoms with van der Waals surface area (Å²) in [6, 6.07) is 35.4. The largest absolute Gasteiger partial charge is 0.499 e. The second-order valence-corrected chi connectivity index (χ2v) is 37.0. The van der Waals surface area contributed by atoms with Crippen LogP contribution in [0.4, 0.5) is 34.6 Å². The number of amides is 4. The maximum Gasteiger partial charge on any atom is 0.312 e. The van der Waals surface area contributed by atoms with E-state index < -0.39 is 0 Å². The number of aliphatic hydroxyl groups is 1. The lowest BCUT2D eigenvalue weighted by atomic mass is 10.0. The molecular formula is C112H110ClN21O15. The van der Waals surface area contributed by atoms with Crippen LogP contribution < -0.4 is 20.1 Å². The van der Waals surface area contributed by atoms with Crippen molar-refractivity contribution in [2.24, 2.45) is 0 Å². The molecule has 0 bridgehead atoms.